The number of Topliss-reactive ketones (excluding diaryl/α,β-unsaturated/α-hetero) is 1. The molecule has 70 valence electrons. The van der Waals surface area contributed by atoms with E-state index in [9.17, 15) is 4.79 Å². The van der Waals surface area contributed by atoms with Crippen molar-refractivity contribution in [2.24, 2.45) is 11.7 Å². The van der Waals surface area contributed by atoms with E-state index in [0.717, 1.165) is 0 Å². The number of hydrogen-bond donors (Lipinski definition) is 2. The van der Waals surface area contributed by atoms with Crippen molar-refractivity contribution >= 4 is 5.78 Å². The largest absolute Gasteiger partial charge is 0.513 e. The van der Waals surface area contributed by atoms with E-state index < -0.39 is 6.04 Å². The van der Waals surface area contributed by atoms with Gasteiger partial charge in [0.2, 0.25) is 0 Å². The summed E-state index contributed by atoms with van der Waals surface area (Å²) in [6.45, 7) is 6.95. The van der Waals surface area contributed by atoms with Crippen LogP contribution >= 0.6 is 0 Å². The van der Waals surface area contributed by atoms with E-state index in [1.807, 2.05) is 13.8 Å². The second-order valence-corrected chi connectivity index (χ2v) is 3.27. The minimum Gasteiger partial charge on any atom is -0.513 e. The summed E-state index contributed by atoms with van der Waals surface area (Å²) in [5.41, 5.74) is 5.56. The van der Waals surface area contributed by atoms with Crippen LogP contribution in [0.1, 0.15) is 26.7 Å². The number of carbonyl (C=O) groups excluding carboxylic acids is 1. The molecule has 1 atom stereocenters. The van der Waals surface area contributed by atoms with Crippen molar-refractivity contribution in [2.45, 2.75) is 32.7 Å². The van der Waals surface area contributed by atoms with Crippen LogP contribution in [0.2, 0.25) is 0 Å². The topological polar surface area (TPSA) is 63.3 Å². The van der Waals surface area contributed by atoms with Crippen LogP contribution in [0.4, 0.5) is 0 Å². The molecule has 0 aliphatic rings. The van der Waals surface area contributed by atoms with E-state index in [4.69, 9.17) is 10.8 Å². The molecule has 3 N–H and O–H groups in total. The van der Waals surface area contributed by atoms with Gasteiger partial charge in [-0.15, -0.1) is 0 Å². The minimum atomic E-state index is -0.464. The van der Waals surface area contributed by atoms with Crippen LogP contribution in [-0.2, 0) is 4.79 Å². The van der Waals surface area contributed by atoms with Gasteiger partial charge in [0.1, 0.15) is 0 Å². The molecule has 0 aromatic heterocycles. The molecule has 0 aliphatic heterocycles. The minimum absolute atomic E-state index is 0.0352. The van der Waals surface area contributed by atoms with Crippen LogP contribution in [0.5, 0.6) is 0 Å². The summed E-state index contributed by atoms with van der Waals surface area (Å²) in [5.74, 6) is 0.0882. The summed E-state index contributed by atoms with van der Waals surface area (Å²) >= 11 is 0. The van der Waals surface area contributed by atoms with Gasteiger partial charge < -0.3 is 10.8 Å². The van der Waals surface area contributed by atoms with E-state index in [0.29, 0.717) is 12.8 Å². The van der Waals surface area contributed by atoms with Gasteiger partial charge in [-0.3, -0.25) is 4.79 Å². The molecule has 0 radical (unpaired) electrons. The highest BCUT2D eigenvalue weighted by Gasteiger charge is 2.16. The van der Waals surface area contributed by atoms with E-state index in [-0.39, 0.29) is 17.5 Å². The number of ketones is 1. The fourth-order valence-electron chi connectivity index (χ4n) is 0.893. The van der Waals surface area contributed by atoms with Crippen LogP contribution in [0.15, 0.2) is 12.3 Å². The maximum absolute atomic E-state index is 11.2. The monoisotopic (exact) mass is 171 g/mol. The molecule has 0 aliphatic carbocycles. The summed E-state index contributed by atoms with van der Waals surface area (Å²) in [6, 6.07) is -0.464. The normalized spacial score (nSPS) is 13.0. The van der Waals surface area contributed by atoms with Crippen molar-refractivity contribution in [3.63, 3.8) is 0 Å². The van der Waals surface area contributed by atoms with Gasteiger partial charge in [0, 0.05) is 12.3 Å². The summed E-state index contributed by atoms with van der Waals surface area (Å²) in [7, 11) is 0. The first-order valence-electron chi connectivity index (χ1n) is 4.11. The van der Waals surface area contributed by atoms with Gasteiger partial charge in [-0.1, -0.05) is 20.4 Å². The van der Waals surface area contributed by atoms with Crippen molar-refractivity contribution < 1.29 is 9.90 Å². The molecule has 3 heteroatoms. The summed E-state index contributed by atoms with van der Waals surface area (Å²) < 4.78 is 0. The van der Waals surface area contributed by atoms with Gasteiger partial charge in [-0.25, -0.2) is 0 Å². The predicted molar refractivity (Wildman–Crippen MR) is 48.8 cm³/mol. The maximum atomic E-state index is 11.2. The zero-order valence-electron chi connectivity index (χ0n) is 7.71. The highest BCUT2D eigenvalue weighted by molar-refractivity contribution is 5.85. The van der Waals surface area contributed by atoms with Crippen LogP contribution in [0, 0.1) is 5.92 Å². The molecule has 0 bridgehead atoms. The summed E-state index contributed by atoms with van der Waals surface area (Å²) in [6.07, 6.45) is 0.881. The third kappa shape index (κ3) is 4.13. The molecule has 0 spiro atoms. The Morgan fingerprint density at radius 1 is 1.58 bits per heavy atom. The average Bonchev–Trinajstić information content (AvgIpc) is 1.98. The number of aliphatic hydroxyl groups excluding tert-OH is 1. The number of carbonyl (C=O) groups is 1. The standard InChI is InChI=1S/C9H17NO2/c1-6(2)9(12)8(10)5-4-7(3)11/h6,8,11H,3-5,10H2,1-2H3/t8-/m0/s1. The lowest BCUT2D eigenvalue weighted by atomic mass is 9.99. The second kappa shape index (κ2) is 4.93. The molecule has 0 unspecified atom stereocenters. The molecule has 0 aromatic rings. The Hall–Kier alpha value is -0.830. The van der Waals surface area contributed by atoms with Crippen molar-refractivity contribution in [1.82, 2.24) is 0 Å². The molecular weight excluding hydrogens is 154 g/mol. The van der Waals surface area contributed by atoms with Crippen LogP contribution < -0.4 is 5.73 Å². The van der Waals surface area contributed by atoms with Gasteiger partial charge in [0.05, 0.1) is 11.8 Å². The zero-order chi connectivity index (χ0) is 9.72. The Bertz CT molecular complexity index is 175. The van der Waals surface area contributed by atoms with Gasteiger partial charge >= 0.3 is 0 Å². The van der Waals surface area contributed by atoms with Crippen molar-refractivity contribution in [3.8, 4) is 0 Å². The predicted octanol–water partition coefficient (Wildman–Crippen LogP) is 1.39. The van der Waals surface area contributed by atoms with Crippen LogP contribution in [-0.4, -0.2) is 16.9 Å². The molecule has 0 amide bonds. The zero-order valence-corrected chi connectivity index (χ0v) is 7.71. The van der Waals surface area contributed by atoms with Crippen molar-refractivity contribution in [2.75, 3.05) is 0 Å². The van der Waals surface area contributed by atoms with Gasteiger partial charge in [0.15, 0.2) is 5.78 Å². The lowest BCUT2D eigenvalue weighted by Gasteiger charge is -2.11. The molecule has 0 saturated carbocycles. The summed E-state index contributed by atoms with van der Waals surface area (Å²) in [4.78, 5) is 11.2. The molecule has 0 aromatic carbocycles. The quantitative estimate of drug-likeness (QED) is 0.614. The third-order valence-corrected chi connectivity index (χ3v) is 1.68. The van der Waals surface area contributed by atoms with E-state index in [1.54, 1.807) is 0 Å². The summed E-state index contributed by atoms with van der Waals surface area (Å²) in [5, 5.41) is 8.76. The van der Waals surface area contributed by atoms with Crippen LogP contribution in [0.3, 0.4) is 0 Å². The van der Waals surface area contributed by atoms with E-state index >= 15 is 0 Å². The highest BCUT2D eigenvalue weighted by Crippen LogP contribution is 2.06. The number of allylic oxidation sites excluding steroid dienone is 1. The first-order chi connectivity index (χ1) is 5.45. The van der Waals surface area contributed by atoms with Gasteiger partial charge in [-0.05, 0) is 6.42 Å². The number of hydrogen-bond acceptors (Lipinski definition) is 3. The van der Waals surface area contributed by atoms with E-state index in [2.05, 4.69) is 6.58 Å². The molecule has 0 rings (SSSR count). The molecule has 0 fully saturated rings. The SMILES string of the molecule is C=C(O)CC[C@H](N)C(=O)C(C)C. The number of aliphatic hydroxyl groups is 1. The number of nitrogens with two attached hydrogens (primary N) is 1. The highest BCUT2D eigenvalue weighted by atomic mass is 16.3. The third-order valence-electron chi connectivity index (χ3n) is 1.68. The van der Waals surface area contributed by atoms with E-state index in [1.165, 1.54) is 0 Å². The molecule has 0 saturated heterocycles. The Morgan fingerprint density at radius 2 is 2.08 bits per heavy atom. The maximum Gasteiger partial charge on any atom is 0.152 e. The second-order valence-electron chi connectivity index (χ2n) is 3.27. The van der Waals surface area contributed by atoms with Gasteiger partial charge in [-0.2, -0.15) is 0 Å². The first-order valence-corrected chi connectivity index (χ1v) is 4.11. The molecule has 3 nitrogen and oxygen atoms in total. The van der Waals surface area contributed by atoms with Gasteiger partial charge in [0.25, 0.3) is 0 Å². The number of rotatable bonds is 5. The fourth-order valence-corrected chi connectivity index (χ4v) is 0.893. The van der Waals surface area contributed by atoms with Crippen LogP contribution in [0.25, 0.3) is 0 Å². The first kappa shape index (κ1) is 11.2. The Kier molecular flexibility index (Phi) is 4.59. The molecule has 0 heterocycles. The Balaban J connectivity index is 3.79. The fraction of sp³-hybridized carbons (Fsp3) is 0.667. The Labute approximate surface area is 73.3 Å². The average molecular weight is 171 g/mol. The molecule has 12 heavy (non-hydrogen) atoms. The van der Waals surface area contributed by atoms with Crippen molar-refractivity contribution in [3.05, 3.63) is 12.3 Å². The lowest BCUT2D eigenvalue weighted by molar-refractivity contribution is -0.123. The lowest BCUT2D eigenvalue weighted by Crippen LogP contribution is -2.33. The Morgan fingerprint density at radius 3 is 2.42 bits per heavy atom. The van der Waals surface area contributed by atoms with Crippen molar-refractivity contribution in [1.29, 1.82) is 0 Å². The smallest absolute Gasteiger partial charge is 0.152 e. The molecular formula is C9H17NO2.